The Bertz CT molecular complexity index is 556. The van der Waals surface area contributed by atoms with Gasteiger partial charge in [0.25, 0.3) is 0 Å². The van der Waals surface area contributed by atoms with Gasteiger partial charge in [0.05, 0.1) is 5.41 Å². The molecule has 0 radical (unpaired) electrons. The zero-order valence-electron chi connectivity index (χ0n) is 13.6. The van der Waals surface area contributed by atoms with E-state index in [1.807, 2.05) is 0 Å². The van der Waals surface area contributed by atoms with E-state index in [2.05, 4.69) is 12.6 Å². The van der Waals surface area contributed by atoms with Crippen molar-refractivity contribution in [2.24, 2.45) is 16.9 Å². The van der Waals surface area contributed by atoms with E-state index in [9.17, 15) is 19.2 Å². The number of primary amides is 2. The van der Waals surface area contributed by atoms with Crippen LogP contribution in [0.15, 0.2) is 0 Å². The largest absolute Gasteiger partial charge is 0.370 e. The fourth-order valence-electron chi connectivity index (χ4n) is 3.56. The van der Waals surface area contributed by atoms with Crippen molar-refractivity contribution in [1.29, 1.82) is 0 Å². The molecule has 1 spiro atoms. The van der Waals surface area contributed by atoms with Crippen LogP contribution in [0.3, 0.4) is 0 Å². The van der Waals surface area contributed by atoms with Crippen molar-refractivity contribution in [2.45, 2.75) is 38.1 Å². The Balaban J connectivity index is 2.02. The summed E-state index contributed by atoms with van der Waals surface area (Å²) >= 11 is 4.07. The molecule has 0 aliphatic carbocycles. The van der Waals surface area contributed by atoms with Crippen LogP contribution in [0.5, 0.6) is 0 Å². The van der Waals surface area contributed by atoms with E-state index < -0.39 is 23.3 Å². The highest BCUT2D eigenvalue weighted by Gasteiger charge is 2.56. The number of thiol groups is 1. The molecule has 8 nitrogen and oxygen atoms in total. The summed E-state index contributed by atoms with van der Waals surface area (Å²) in [5.41, 5.74) is 9.86. The molecule has 0 aromatic heterocycles. The van der Waals surface area contributed by atoms with Crippen LogP contribution in [0.4, 0.5) is 0 Å². The summed E-state index contributed by atoms with van der Waals surface area (Å²) in [6, 6.07) is -0.820. The minimum absolute atomic E-state index is 0.00303. The maximum Gasteiger partial charge on any atom is 0.240 e. The molecule has 9 heteroatoms. The molecule has 2 aliphatic heterocycles. The van der Waals surface area contributed by atoms with E-state index >= 15 is 0 Å². The highest BCUT2D eigenvalue weighted by molar-refractivity contribution is 7.80. The lowest BCUT2D eigenvalue weighted by Gasteiger charge is -2.54. The standard InChI is InChI=1S/C15H24N4O4S/c16-11(20)3-2-10(13(17)22)19-9-15(14(19)23)5-1-6-18(8-15)12(21)4-7-24/h10,24H,1-9H2,(H2,16,20)(H2,17,22)/t10-,15?/m0/s1. The lowest BCUT2D eigenvalue weighted by atomic mass is 9.71. The average Bonchev–Trinajstić information content (AvgIpc) is 2.53. The summed E-state index contributed by atoms with van der Waals surface area (Å²) in [5.74, 6) is -0.878. The molecular formula is C15H24N4O4S. The molecule has 0 aromatic carbocycles. The van der Waals surface area contributed by atoms with Gasteiger partial charge in [-0.3, -0.25) is 19.2 Å². The van der Waals surface area contributed by atoms with Crippen molar-refractivity contribution in [3.8, 4) is 0 Å². The highest BCUT2D eigenvalue weighted by Crippen LogP contribution is 2.42. The molecule has 24 heavy (non-hydrogen) atoms. The van der Waals surface area contributed by atoms with Crippen LogP contribution in [-0.2, 0) is 19.2 Å². The van der Waals surface area contributed by atoms with Gasteiger partial charge in [-0.1, -0.05) is 0 Å². The zero-order chi connectivity index (χ0) is 17.9. The van der Waals surface area contributed by atoms with Crippen LogP contribution in [0, 0.1) is 5.41 Å². The first-order valence-electron chi connectivity index (χ1n) is 8.08. The first-order chi connectivity index (χ1) is 11.3. The van der Waals surface area contributed by atoms with E-state index in [-0.39, 0.29) is 24.7 Å². The first-order valence-corrected chi connectivity index (χ1v) is 8.71. The van der Waals surface area contributed by atoms with Crippen molar-refractivity contribution in [3.05, 3.63) is 0 Å². The summed E-state index contributed by atoms with van der Waals surface area (Å²) in [5, 5.41) is 0. The van der Waals surface area contributed by atoms with Crippen LogP contribution in [0.1, 0.15) is 32.1 Å². The van der Waals surface area contributed by atoms with Gasteiger partial charge in [-0.25, -0.2) is 0 Å². The zero-order valence-corrected chi connectivity index (χ0v) is 14.5. The predicted octanol–water partition coefficient (Wildman–Crippen LogP) is -1.12. The van der Waals surface area contributed by atoms with Gasteiger partial charge in [-0.05, 0) is 25.0 Å². The number of carbonyl (C=O) groups excluding carboxylic acids is 4. The fraction of sp³-hybridized carbons (Fsp3) is 0.733. The van der Waals surface area contributed by atoms with Gasteiger partial charge in [-0.2, -0.15) is 12.6 Å². The second kappa shape index (κ2) is 7.42. The van der Waals surface area contributed by atoms with Crippen LogP contribution >= 0.6 is 12.6 Å². The number of carbonyl (C=O) groups is 4. The first kappa shape index (κ1) is 18.6. The third kappa shape index (κ3) is 3.66. The number of hydrogen-bond acceptors (Lipinski definition) is 5. The van der Waals surface area contributed by atoms with E-state index in [4.69, 9.17) is 11.5 Å². The average molecular weight is 356 g/mol. The van der Waals surface area contributed by atoms with E-state index in [1.165, 1.54) is 4.90 Å². The smallest absolute Gasteiger partial charge is 0.240 e. The van der Waals surface area contributed by atoms with Crippen LogP contribution < -0.4 is 11.5 Å². The van der Waals surface area contributed by atoms with E-state index in [0.29, 0.717) is 38.2 Å². The summed E-state index contributed by atoms with van der Waals surface area (Å²) in [6.45, 7) is 1.39. The van der Waals surface area contributed by atoms with E-state index in [0.717, 1.165) is 6.42 Å². The maximum atomic E-state index is 12.7. The summed E-state index contributed by atoms with van der Waals surface area (Å²) < 4.78 is 0. The second-order valence-electron chi connectivity index (χ2n) is 6.53. The normalized spacial score (nSPS) is 24.6. The Morgan fingerprint density at radius 1 is 1.21 bits per heavy atom. The SMILES string of the molecule is NC(=O)CC[C@@H](C(N)=O)N1CC2(CCCN(C(=O)CCS)C2)C1=O. The molecule has 2 saturated heterocycles. The lowest BCUT2D eigenvalue weighted by Crippen LogP contribution is -2.71. The van der Waals surface area contributed by atoms with Crippen molar-refractivity contribution < 1.29 is 19.2 Å². The predicted molar refractivity (Wildman–Crippen MR) is 89.8 cm³/mol. The minimum Gasteiger partial charge on any atom is -0.370 e. The second-order valence-corrected chi connectivity index (χ2v) is 6.98. The molecule has 2 heterocycles. The molecule has 134 valence electrons. The molecule has 0 aromatic rings. The Hall–Kier alpha value is -1.77. The summed E-state index contributed by atoms with van der Waals surface area (Å²) in [7, 11) is 0. The van der Waals surface area contributed by atoms with Crippen LogP contribution in [-0.4, -0.2) is 64.9 Å². The number of nitrogens with zero attached hydrogens (tertiary/aromatic N) is 2. The number of nitrogens with two attached hydrogens (primary N) is 2. The van der Waals surface area contributed by atoms with E-state index in [1.54, 1.807) is 4.90 Å². The van der Waals surface area contributed by atoms with Gasteiger partial charge in [0.1, 0.15) is 6.04 Å². The molecule has 1 unspecified atom stereocenters. The molecule has 2 rings (SSSR count). The molecule has 4 N–H and O–H groups in total. The lowest BCUT2D eigenvalue weighted by molar-refractivity contribution is -0.174. The van der Waals surface area contributed by atoms with Gasteiger partial charge >= 0.3 is 0 Å². The molecule has 2 aliphatic rings. The molecule has 0 bridgehead atoms. The highest BCUT2D eigenvalue weighted by atomic mass is 32.1. The van der Waals surface area contributed by atoms with Gasteiger partial charge in [0, 0.05) is 32.5 Å². The van der Waals surface area contributed by atoms with Gasteiger partial charge in [0.2, 0.25) is 23.6 Å². The summed E-state index contributed by atoms with van der Waals surface area (Å²) in [6.07, 6.45) is 1.92. The van der Waals surface area contributed by atoms with Crippen molar-refractivity contribution in [2.75, 3.05) is 25.4 Å². The summed E-state index contributed by atoms with van der Waals surface area (Å²) in [4.78, 5) is 50.4. The molecular weight excluding hydrogens is 332 g/mol. The Labute approximate surface area is 146 Å². The third-order valence-corrected chi connectivity index (χ3v) is 5.04. The number of amides is 4. The van der Waals surface area contributed by atoms with Crippen LogP contribution in [0.2, 0.25) is 0 Å². The quantitative estimate of drug-likeness (QED) is 0.394. The van der Waals surface area contributed by atoms with Crippen LogP contribution in [0.25, 0.3) is 0 Å². The molecule has 0 saturated carbocycles. The van der Waals surface area contributed by atoms with Crippen molar-refractivity contribution in [3.63, 3.8) is 0 Å². The Morgan fingerprint density at radius 2 is 1.92 bits per heavy atom. The Morgan fingerprint density at radius 3 is 2.46 bits per heavy atom. The molecule has 2 atom stereocenters. The minimum atomic E-state index is -0.820. The maximum absolute atomic E-state index is 12.7. The third-order valence-electron chi connectivity index (χ3n) is 4.81. The monoisotopic (exact) mass is 356 g/mol. The number of rotatable bonds is 7. The fourth-order valence-corrected chi connectivity index (χ4v) is 3.75. The van der Waals surface area contributed by atoms with Gasteiger partial charge in [0.15, 0.2) is 0 Å². The van der Waals surface area contributed by atoms with Crippen molar-refractivity contribution in [1.82, 2.24) is 9.80 Å². The number of piperidine rings is 1. The molecule has 4 amide bonds. The number of β-lactam (4-membered cyclic amide) rings is 1. The van der Waals surface area contributed by atoms with Gasteiger partial charge in [-0.15, -0.1) is 0 Å². The van der Waals surface area contributed by atoms with Gasteiger partial charge < -0.3 is 21.3 Å². The number of hydrogen-bond donors (Lipinski definition) is 3. The van der Waals surface area contributed by atoms with Crippen molar-refractivity contribution >= 4 is 36.3 Å². The number of likely N-dealkylation sites (tertiary alicyclic amines) is 2. The molecule has 2 fully saturated rings. The topological polar surface area (TPSA) is 127 Å². The Kier molecular flexibility index (Phi) is 5.74.